The number of nitrogens with one attached hydrogen (secondary N) is 1. The van der Waals surface area contributed by atoms with Gasteiger partial charge in [-0.15, -0.1) is 0 Å². The molecular weight excluding hydrogens is 232 g/mol. The Morgan fingerprint density at radius 2 is 2.17 bits per heavy atom. The van der Waals surface area contributed by atoms with Crippen LogP contribution in [0.15, 0.2) is 24.3 Å². The molecule has 1 unspecified atom stereocenters. The van der Waals surface area contributed by atoms with Crippen LogP contribution in [-0.2, 0) is 20.7 Å². The molecule has 18 heavy (non-hydrogen) atoms. The fourth-order valence-electron chi connectivity index (χ4n) is 1.59. The molecule has 1 amide bonds. The molecule has 0 aromatic heterocycles. The Hall–Kier alpha value is -2.04. The number of anilines is 1. The third-order valence-corrected chi connectivity index (χ3v) is 2.60. The van der Waals surface area contributed by atoms with E-state index in [0.29, 0.717) is 6.42 Å². The highest BCUT2D eigenvalue weighted by Gasteiger charge is 2.12. The van der Waals surface area contributed by atoms with Crippen LogP contribution >= 0.6 is 0 Å². The van der Waals surface area contributed by atoms with E-state index in [2.05, 4.69) is 10.1 Å². The number of hydrogen-bond donors (Lipinski definition) is 2. The number of benzene rings is 1. The highest BCUT2D eigenvalue weighted by atomic mass is 16.5. The first-order valence-corrected chi connectivity index (χ1v) is 5.78. The normalized spacial score (nSPS) is 11.7. The molecule has 98 valence electrons. The fraction of sp³-hybridized carbons (Fsp3) is 0.385. The molecular formula is C13H18N2O3. The van der Waals surface area contributed by atoms with Gasteiger partial charge < -0.3 is 15.8 Å². The summed E-state index contributed by atoms with van der Waals surface area (Å²) in [6, 6.07) is 6.87. The van der Waals surface area contributed by atoms with Crippen LogP contribution in [0.2, 0.25) is 0 Å². The highest BCUT2D eigenvalue weighted by Crippen LogP contribution is 2.13. The summed E-state index contributed by atoms with van der Waals surface area (Å²) < 4.78 is 4.60. The Bertz CT molecular complexity index is 432. The smallest absolute Gasteiger partial charge is 0.309 e. The lowest BCUT2D eigenvalue weighted by atomic mass is 10.1. The number of esters is 1. The first kappa shape index (κ1) is 14.0. The van der Waals surface area contributed by atoms with Gasteiger partial charge in [-0.05, 0) is 24.1 Å². The van der Waals surface area contributed by atoms with Crippen molar-refractivity contribution >= 4 is 17.6 Å². The maximum absolute atomic E-state index is 11.2. The van der Waals surface area contributed by atoms with Crippen LogP contribution in [0.4, 0.5) is 5.69 Å². The maximum Gasteiger partial charge on any atom is 0.309 e. The van der Waals surface area contributed by atoms with Crippen LogP contribution in [0.1, 0.15) is 18.9 Å². The van der Waals surface area contributed by atoms with Gasteiger partial charge in [0.05, 0.1) is 13.5 Å². The van der Waals surface area contributed by atoms with Crippen molar-refractivity contribution in [3.63, 3.8) is 0 Å². The summed E-state index contributed by atoms with van der Waals surface area (Å²) in [5, 5.41) is 3.03. The molecule has 5 nitrogen and oxygen atoms in total. The van der Waals surface area contributed by atoms with Crippen molar-refractivity contribution in [2.24, 2.45) is 5.73 Å². The summed E-state index contributed by atoms with van der Waals surface area (Å²) in [7, 11) is 1.35. The number of carbonyl (C=O) groups excluding carboxylic acids is 2. The van der Waals surface area contributed by atoms with E-state index in [1.54, 1.807) is 0 Å². The van der Waals surface area contributed by atoms with Crippen LogP contribution in [0.3, 0.4) is 0 Å². The number of methoxy groups -OCH3 is 1. The molecule has 0 spiro atoms. The van der Waals surface area contributed by atoms with Crippen molar-refractivity contribution in [1.82, 2.24) is 0 Å². The van der Waals surface area contributed by atoms with E-state index in [0.717, 1.165) is 11.3 Å². The van der Waals surface area contributed by atoms with Crippen molar-refractivity contribution in [2.45, 2.75) is 25.8 Å². The van der Waals surface area contributed by atoms with E-state index in [-0.39, 0.29) is 12.4 Å². The van der Waals surface area contributed by atoms with Gasteiger partial charge >= 0.3 is 5.97 Å². The molecule has 0 aliphatic heterocycles. The molecule has 0 fully saturated rings. The average Bonchev–Trinajstić information content (AvgIpc) is 2.35. The molecule has 1 aromatic carbocycles. The largest absolute Gasteiger partial charge is 0.469 e. The van der Waals surface area contributed by atoms with Gasteiger partial charge in [-0.2, -0.15) is 0 Å². The predicted octanol–water partition coefficient (Wildman–Crippen LogP) is 1.08. The number of ether oxygens (including phenoxy) is 1. The molecule has 1 rings (SSSR count). The van der Waals surface area contributed by atoms with Crippen molar-refractivity contribution in [2.75, 3.05) is 12.4 Å². The Balaban J connectivity index is 2.75. The first-order chi connectivity index (χ1) is 8.56. The number of amides is 1. The van der Waals surface area contributed by atoms with Crippen molar-refractivity contribution in [3.05, 3.63) is 29.8 Å². The van der Waals surface area contributed by atoms with Crippen molar-refractivity contribution in [1.29, 1.82) is 0 Å². The second-order valence-corrected chi connectivity index (χ2v) is 3.96. The minimum atomic E-state index is -0.404. The molecule has 5 heteroatoms. The van der Waals surface area contributed by atoms with Gasteiger partial charge in [-0.25, -0.2) is 0 Å². The predicted molar refractivity (Wildman–Crippen MR) is 69.1 cm³/mol. The quantitative estimate of drug-likeness (QED) is 0.740. The second kappa shape index (κ2) is 6.64. The van der Waals surface area contributed by atoms with Gasteiger partial charge in [-0.1, -0.05) is 19.1 Å². The topological polar surface area (TPSA) is 81.4 Å². The maximum atomic E-state index is 11.2. The van der Waals surface area contributed by atoms with E-state index in [4.69, 9.17) is 5.73 Å². The van der Waals surface area contributed by atoms with Gasteiger partial charge in [0.2, 0.25) is 5.91 Å². The van der Waals surface area contributed by atoms with E-state index in [1.807, 2.05) is 31.2 Å². The van der Waals surface area contributed by atoms with E-state index < -0.39 is 11.9 Å². The van der Waals surface area contributed by atoms with Gasteiger partial charge in [0.15, 0.2) is 0 Å². The van der Waals surface area contributed by atoms with Crippen LogP contribution in [0.25, 0.3) is 0 Å². The van der Waals surface area contributed by atoms with Crippen LogP contribution in [-0.4, -0.2) is 25.0 Å². The summed E-state index contributed by atoms with van der Waals surface area (Å²) in [5.41, 5.74) is 6.85. The van der Waals surface area contributed by atoms with E-state index in [9.17, 15) is 9.59 Å². The zero-order chi connectivity index (χ0) is 13.5. The molecule has 1 atom stereocenters. The lowest BCUT2D eigenvalue weighted by Crippen LogP contribution is -2.34. The SMILES string of the molecule is CCC(Nc1cccc(CC(=O)OC)c1)C(N)=O. The number of nitrogens with two attached hydrogens (primary N) is 1. The summed E-state index contributed by atoms with van der Waals surface area (Å²) in [4.78, 5) is 22.3. The first-order valence-electron chi connectivity index (χ1n) is 5.78. The van der Waals surface area contributed by atoms with Crippen molar-refractivity contribution < 1.29 is 14.3 Å². The number of hydrogen-bond acceptors (Lipinski definition) is 4. The van der Waals surface area contributed by atoms with Gasteiger partial charge in [0, 0.05) is 5.69 Å². The second-order valence-electron chi connectivity index (χ2n) is 3.96. The molecule has 0 radical (unpaired) electrons. The summed E-state index contributed by atoms with van der Waals surface area (Å²) in [6.07, 6.45) is 0.815. The molecule has 0 aliphatic carbocycles. The van der Waals surface area contributed by atoms with Gasteiger partial charge in [-0.3, -0.25) is 9.59 Å². The lowest BCUT2D eigenvalue weighted by molar-refractivity contribution is -0.139. The van der Waals surface area contributed by atoms with Crippen LogP contribution in [0, 0.1) is 0 Å². The number of primary amides is 1. The highest BCUT2D eigenvalue weighted by molar-refractivity contribution is 5.83. The third kappa shape index (κ3) is 4.08. The number of carbonyl (C=O) groups is 2. The summed E-state index contributed by atoms with van der Waals surface area (Å²) in [6.45, 7) is 1.88. The fourth-order valence-corrected chi connectivity index (χ4v) is 1.59. The molecule has 0 heterocycles. The zero-order valence-electron chi connectivity index (χ0n) is 10.6. The van der Waals surface area contributed by atoms with E-state index >= 15 is 0 Å². The van der Waals surface area contributed by atoms with Gasteiger partial charge in [0.25, 0.3) is 0 Å². The van der Waals surface area contributed by atoms with Crippen molar-refractivity contribution in [3.8, 4) is 0 Å². The minimum absolute atomic E-state index is 0.208. The van der Waals surface area contributed by atoms with Crippen LogP contribution < -0.4 is 11.1 Å². The summed E-state index contributed by atoms with van der Waals surface area (Å²) >= 11 is 0. The number of rotatable bonds is 6. The Morgan fingerprint density at radius 1 is 1.44 bits per heavy atom. The van der Waals surface area contributed by atoms with E-state index in [1.165, 1.54) is 7.11 Å². The lowest BCUT2D eigenvalue weighted by Gasteiger charge is -2.15. The van der Waals surface area contributed by atoms with Gasteiger partial charge in [0.1, 0.15) is 6.04 Å². The molecule has 0 bridgehead atoms. The Morgan fingerprint density at radius 3 is 2.72 bits per heavy atom. The molecule has 3 N–H and O–H groups in total. The molecule has 0 saturated carbocycles. The monoisotopic (exact) mass is 250 g/mol. The molecule has 0 saturated heterocycles. The Labute approximate surface area is 106 Å². The average molecular weight is 250 g/mol. The standard InChI is InChI=1S/C13H18N2O3/c1-3-11(13(14)17)15-10-6-4-5-9(7-10)8-12(16)18-2/h4-7,11,15H,3,8H2,1-2H3,(H2,14,17). The minimum Gasteiger partial charge on any atom is -0.469 e. The van der Waals surface area contributed by atoms with Crippen LogP contribution in [0.5, 0.6) is 0 Å². The Kier molecular flexibility index (Phi) is 5.17. The third-order valence-electron chi connectivity index (χ3n) is 2.60. The summed E-state index contributed by atoms with van der Waals surface area (Å²) in [5.74, 6) is -0.690. The zero-order valence-corrected chi connectivity index (χ0v) is 10.6. The molecule has 1 aromatic rings. The molecule has 0 aliphatic rings.